The third-order valence-electron chi connectivity index (χ3n) is 7.20. The van der Waals surface area contributed by atoms with Crippen molar-refractivity contribution in [1.29, 1.82) is 0 Å². The first-order chi connectivity index (χ1) is 18.5. The topological polar surface area (TPSA) is 39.7 Å². The average molecular weight is 508 g/mol. The molecule has 0 amide bonds. The maximum atomic E-state index is 6.65. The molecular formula is C34H37NO3. The van der Waals surface area contributed by atoms with E-state index in [1.54, 1.807) is 0 Å². The van der Waals surface area contributed by atoms with E-state index >= 15 is 0 Å². The Kier molecular flexibility index (Phi) is 8.11. The molecule has 2 atom stereocenters. The first-order valence-corrected chi connectivity index (χ1v) is 13.4. The van der Waals surface area contributed by atoms with Crippen LogP contribution in [-0.2, 0) is 29.0 Å². The van der Waals surface area contributed by atoms with E-state index < -0.39 is 5.60 Å². The Labute approximate surface area is 226 Å². The molecule has 4 heteroatoms. The number of anilines is 1. The first-order valence-electron chi connectivity index (χ1n) is 13.4. The van der Waals surface area contributed by atoms with E-state index in [4.69, 9.17) is 14.2 Å². The summed E-state index contributed by atoms with van der Waals surface area (Å²) in [4.78, 5) is 0. The molecule has 0 radical (unpaired) electrons. The minimum atomic E-state index is -0.560. The summed E-state index contributed by atoms with van der Waals surface area (Å²) in [5, 5.41) is 3.60. The second-order valence-electron chi connectivity index (χ2n) is 10.5. The molecule has 1 N–H and O–H groups in total. The van der Waals surface area contributed by atoms with Gasteiger partial charge in [-0.2, -0.15) is 0 Å². The molecule has 38 heavy (non-hydrogen) atoms. The van der Waals surface area contributed by atoms with Crippen molar-refractivity contribution in [2.24, 2.45) is 0 Å². The number of hydrogen-bond donors (Lipinski definition) is 1. The largest absolute Gasteiger partial charge is 0.485 e. The summed E-state index contributed by atoms with van der Waals surface area (Å²) >= 11 is 0. The predicted octanol–water partition coefficient (Wildman–Crippen LogP) is 7.66. The number of nitrogens with one attached hydrogen (secondary N) is 1. The highest BCUT2D eigenvalue weighted by Crippen LogP contribution is 2.44. The number of rotatable bonds is 10. The highest BCUT2D eigenvalue weighted by molar-refractivity contribution is 5.54. The monoisotopic (exact) mass is 507 g/mol. The smallest absolute Gasteiger partial charge is 0.132 e. The summed E-state index contributed by atoms with van der Waals surface area (Å²) in [5.74, 6) is 0.848. The van der Waals surface area contributed by atoms with E-state index in [0.29, 0.717) is 13.2 Å². The molecule has 4 aromatic carbocycles. The lowest BCUT2D eigenvalue weighted by atomic mass is 9.87. The molecule has 0 saturated heterocycles. The molecule has 1 aliphatic rings. The minimum Gasteiger partial charge on any atom is -0.485 e. The number of hydrogen-bond acceptors (Lipinski definition) is 4. The summed E-state index contributed by atoms with van der Waals surface area (Å²) in [7, 11) is 0. The fourth-order valence-corrected chi connectivity index (χ4v) is 5.02. The van der Waals surface area contributed by atoms with Crippen molar-refractivity contribution in [1.82, 2.24) is 0 Å². The summed E-state index contributed by atoms with van der Waals surface area (Å²) < 4.78 is 19.7. The van der Waals surface area contributed by atoms with Crippen molar-refractivity contribution in [2.75, 3.05) is 11.9 Å². The molecular weight excluding hydrogens is 470 g/mol. The fourth-order valence-electron chi connectivity index (χ4n) is 5.02. The Morgan fingerprint density at radius 1 is 0.789 bits per heavy atom. The van der Waals surface area contributed by atoms with E-state index in [-0.39, 0.29) is 12.2 Å². The lowest BCUT2D eigenvalue weighted by Crippen LogP contribution is -2.51. The Balaban J connectivity index is 1.39. The Morgan fingerprint density at radius 2 is 1.47 bits per heavy atom. The number of benzene rings is 4. The molecule has 0 spiro atoms. The SMILES string of the molecule is Cc1ccccc1CNc1ccc2c(c1)C(OCCc1ccccc1)C(OCc1ccccc1)C(C)(C)O2. The zero-order chi connectivity index (χ0) is 26.4. The van der Waals surface area contributed by atoms with Crippen LogP contribution in [0.25, 0.3) is 0 Å². The van der Waals surface area contributed by atoms with Crippen molar-refractivity contribution in [3.63, 3.8) is 0 Å². The highest BCUT2D eigenvalue weighted by atomic mass is 16.6. The van der Waals surface area contributed by atoms with Gasteiger partial charge in [-0.15, -0.1) is 0 Å². The summed E-state index contributed by atoms with van der Waals surface area (Å²) in [6, 6.07) is 35.5. The normalized spacial score (nSPS) is 17.9. The minimum absolute atomic E-state index is 0.263. The van der Waals surface area contributed by atoms with Crippen molar-refractivity contribution in [3.05, 3.63) is 131 Å². The maximum Gasteiger partial charge on any atom is 0.132 e. The van der Waals surface area contributed by atoms with Crippen LogP contribution in [0.3, 0.4) is 0 Å². The van der Waals surface area contributed by atoms with Gasteiger partial charge < -0.3 is 19.5 Å². The van der Waals surface area contributed by atoms with Crippen molar-refractivity contribution < 1.29 is 14.2 Å². The quantitative estimate of drug-likeness (QED) is 0.239. The van der Waals surface area contributed by atoms with Gasteiger partial charge in [-0.1, -0.05) is 84.9 Å². The molecule has 0 aliphatic carbocycles. The van der Waals surface area contributed by atoms with E-state index in [1.165, 1.54) is 16.7 Å². The van der Waals surface area contributed by atoms with Crippen LogP contribution in [0.4, 0.5) is 5.69 Å². The standard InChI is InChI=1S/C34H37NO3/c1-25-12-10-11-17-28(25)23-35-29-18-19-31-30(22-29)32(36-21-20-26-13-6-4-7-14-26)33(34(2,3)38-31)37-24-27-15-8-5-9-16-27/h4-19,22,32-33,35H,20-21,23-24H2,1-3H3. The molecule has 4 aromatic rings. The third kappa shape index (κ3) is 6.27. The van der Waals surface area contributed by atoms with Crippen LogP contribution >= 0.6 is 0 Å². The van der Waals surface area contributed by atoms with Crippen LogP contribution in [0.1, 0.15) is 47.8 Å². The lowest BCUT2D eigenvalue weighted by Gasteiger charge is -2.44. The zero-order valence-electron chi connectivity index (χ0n) is 22.5. The van der Waals surface area contributed by atoms with E-state index in [2.05, 4.69) is 105 Å². The molecule has 0 saturated carbocycles. The van der Waals surface area contributed by atoms with Gasteiger partial charge in [0.2, 0.25) is 0 Å². The van der Waals surface area contributed by atoms with Gasteiger partial charge in [0.15, 0.2) is 0 Å². The summed E-state index contributed by atoms with van der Waals surface area (Å²) in [5.41, 5.74) is 6.44. The summed E-state index contributed by atoms with van der Waals surface area (Å²) in [6.45, 7) is 8.16. The van der Waals surface area contributed by atoms with Gasteiger partial charge in [0.25, 0.3) is 0 Å². The first kappa shape index (κ1) is 26.0. The number of ether oxygens (including phenoxy) is 3. The molecule has 1 aliphatic heterocycles. The Hall–Kier alpha value is -3.60. The molecule has 0 aromatic heterocycles. The van der Waals surface area contributed by atoms with Gasteiger partial charge in [0.1, 0.15) is 23.6 Å². The highest BCUT2D eigenvalue weighted by Gasteiger charge is 2.45. The van der Waals surface area contributed by atoms with Crippen molar-refractivity contribution >= 4 is 5.69 Å². The maximum absolute atomic E-state index is 6.65. The van der Waals surface area contributed by atoms with Crippen LogP contribution in [0.15, 0.2) is 103 Å². The van der Waals surface area contributed by atoms with Gasteiger partial charge in [-0.3, -0.25) is 0 Å². The van der Waals surface area contributed by atoms with Gasteiger partial charge in [0.05, 0.1) is 13.2 Å². The second kappa shape index (κ2) is 11.8. The second-order valence-corrected chi connectivity index (χ2v) is 10.5. The lowest BCUT2D eigenvalue weighted by molar-refractivity contribution is -0.167. The van der Waals surface area contributed by atoms with Crippen LogP contribution in [0.5, 0.6) is 5.75 Å². The Bertz CT molecular complexity index is 1320. The van der Waals surface area contributed by atoms with Gasteiger partial charge in [0, 0.05) is 17.8 Å². The van der Waals surface area contributed by atoms with E-state index in [1.807, 2.05) is 24.3 Å². The zero-order valence-corrected chi connectivity index (χ0v) is 22.5. The van der Waals surface area contributed by atoms with Crippen LogP contribution in [0, 0.1) is 6.92 Å². The number of fused-ring (bicyclic) bond motifs is 1. The van der Waals surface area contributed by atoms with Gasteiger partial charge in [-0.05, 0) is 67.6 Å². The number of aryl methyl sites for hydroxylation is 1. The van der Waals surface area contributed by atoms with Gasteiger partial charge >= 0.3 is 0 Å². The third-order valence-corrected chi connectivity index (χ3v) is 7.20. The van der Waals surface area contributed by atoms with E-state index in [0.717, 1.165) is 35.5 Å². The molecule has 5 rings (SSSR count). The van der Waals surface area contributed by atoms with Gasteiger partial charge in [-0.25, -0.2) is 0 Å². The van der Waals surface area contributed by atoms with Crippen LogP contribution in [0.2, 0.25) is 0 Å². The van der Waals surface area contributed by atoms with Crippen LogP contribution in [-0.4, -0.2) is 18.3 Å². The van der Waals surface area contributed by atoms with E-state index in [9.17, 15) is 0 Å². The average Bonchev–Trinajstić information content (AvgIpc) is 2.93. The molecule has 196 valence electrons. The molecule has 0 fully saturated rings. The fraction of sp³-hybridized carbons (Fsp3) is 0.294. The van der Waals surface area contributed by atoms with Crippen molar-refractivity contribution in [3.8, 4) is 5.75 Å². The van der Waals surface area contributed by atoms with Crippen LogP contribution < -0.4 is 10.1 Å². The molecule has 1 heterocycles. The molecule has 4 nitrogen and oxygen atoms in total. The Morgan fingerprint density at radius 3 is 2.21 bits per heavy atom. The molecule has 2 unspecified atom stereocenters. The summed E-state index contributed by atoms with van der Waals surface area (Å²) in [6.07, 6.45) is 0.295. The molecule has 0 bridgehead atoms. The van der Waals surface area contributed by atoms with Crippen molar-refractivity contribution in [2.45, 2.75) is 58.2 Å². The predicted molar refractivity (Wildman–Crippen MR) is 154 cm³/mol.